The van der Waals surface area contributed by atoms with Crippen LogP contribution in [0.2, 0.25) is 0 Å². The van der Waals surface area contributed by atoms with Gasteiger partial charge in [-0.1, -0.05) is 0 Å². The van der Waals surface area contributed by atoms with E-state index in [1.807, 2.05) is 0 Å². The van der Waals surface area contributed by atoms with E-state index in [1.165, 1.54) is 48.3 Å². The average Bonchev–Trinajstić information content (AvgIpc) is 2.72. The smallest absolute Gasteiger partial charge is 0.257 e. The van der Waals surface area contributed by atoms with Crippen molar-refractivity contribution in [3.63, 3.8) is 0 Å². The molecular weight excluding hydrogens is 382 g/mol. The number of benzene rings is 2. The number of hydrogen-bond donors (Lipinski definition) is 0. The molecule has 154 valence electrons. The second-order valence-corrected chi connectivity index (χ2v) is 6.79. The number of halogens is 2. The fourth-order valence-electron chi connectivity index (χ4n) is 3.36. The van der Waals surface area contributed by atoms with Crippen LogP contribution in [0.4, 0.5) is 8.78 Å². The Morgan fingerprint density at radius 2 is 1.41 bits per heavy atom. The van der Waals surface area contributed by atoms with Gasteiger partial charge in [0, 0.05) is 37.8 Å². The van der Waals surface area contributed by atoms with Gasteiger partial charge in [-0.25, -0.2) is 8.78 Å². The van der Waals surface area contributed by atoms with Gasteiger partial charge in [0.05, 0.1) is 25.3 Å². The van der Waals surface area contributed by atoms with Crippen molar-refractivity contribution >= 4 is 11.8 Å². The van der Waals surface area contributed by atoms with Crippen LogP contribution in [0.15, 0.2) is 36.4 Å². The Kier molecular flexibility index (Phi) is 6.00. The summed E-state index contributed by atoms with van der Waals surface area (Å²) in [6, 6.07) is 7.76. The minimum Gasteiger partial charge on any atom is -0.497 e. The number of piperazine rings is 1. The summed E-state index contributed by atoms with van der Waals surface area (Å²) in [5, 5.41) is 0. The summed E-state index contributed by atoms with van der Waals surface area (Å²) in [6.45, 7) is 2.42. The first-order chi connectivity index (χ1) is 13.8. The van der Waals surface area contributed by atoms with Crippen LogP contribution in [0.25, 0.3) is 0 Å². The fourth-order valence-corrected chi connectivity index (χ4v) is 3.36. The van der Waals surface area contributed by atoms with E-state index in [4.69, 9.17) is 9.47 Å². The molecule has 0 aromatic heterocycles. The van der Waals surface area contributed by atoms with Crippen LogP contribution in [0.3, 0.4) is 0 Å². The highest BCUT2D eigenvalue weighted by molar-refractivity contribution is 5.96. The van der Waals surface area contributed by atoms with Gasteiger partial charge >= 0.3 is 0 Å². The van der Waals surface area contributed by atoms with E-state index in [-0.39, 0.29) is 36.8 Å². The van der Waals surface area contributed by atoms with Gasteiger partial charge in [-0.2, -0.15) is 0 Å². The first kappa shape index (κ1) is 20.6. The highest BCUT2D eigenvalue weighted by atomic mass is 19.1. The van der Waals surface area contributed by atoms with Crippen molar-refractivity contribution in [3.05, 3.63) is 59.2 Å². The number of hydrogen-bond acceptors (Lipinski definition) is 4. The van der Waals surface area contributed by atoms with Gasteiger partial charge in [-0.3, -0.25) is 9.59 Å². The Labute approximate surface area is 167 Å². The second-order valence-electron chi connectivity index (χ2n) is 6.79. The third-order valence-corrected chi connectivity index (χ3v) is 4.99. The van der Waals surface area contributed by atoms with Crippen molar-refractivity contribution in [2.24, 2.45) is 0 Å². The molecule has 2 amide bonds. The lowest BCUT2D eigenvalue weighted by Crippen LogP contribution is -2.55. The molecule has 0 N–H and O–H groups in total. The van der Waals surface area contributed by atoms with Crippen molar-refractivity contribution in [1.29, 1.82) is 0 Å². The third-order valence-electron chi connectivity index (χ3n) is 4.99. The highest BCUT2D eigenvalue weighted by Crippen LogP contribution is 2.22. The van der Waals surface area contributed by atoms with E-state index in [2.05, 4.69) is 0 Å². The zero-order valence-corrected chi connectivity index (χ0v) is 16.4. The Morgan fingerprint density at radius 1 is 0.897 bits per heavy atom. The Bertz CT molecular complexity index is 935. The van der Waals surface area contributed by atoms with Crippen LogP contribution in [-0.4, -0.2) is 61.5 Å². The number of ether oxygens (including phenoxy) is 2. The molecule has 0 spiro atoms. The lowest BCUT2D eigenvalue weighted by atomic mass is 10.1. The molecule has 1 heterocycles. The Hall–Kier alpha value is -3.16. The molecule has 1 fully saturated rings. The summed E-state index contributed by atoms with van der Waals surface area (Å²) in [7, 11) is 2.83. The molecule has 1 aliphatic rings. The van der Waals surface area contributed by atoms with Crippen LogP contribution in [0, 0.1) is 11.6 Å². The molecule has 29 heavy (non-hydrogen) atoms. The van der Waals surface area contributed by atoms with E-state index in [9.17, 15) is 18.4 Å². The standard InChI is InChI=1S/C21H22F2N2O4/c1-13-12-24(20(26)16-6-4-14(28-2)10-18(16)22)8-9-25(13)21(27)17-7-5-15(29-3)11-19(17)23/h4-7,10-11,13H,8-9,12H2,1-3H3/t13-/m1/s1. The summed E-state index contributed by atoms with van der Waals surface area (Å²) >= 11 is 0. The zero-order valence-electron chi connectivity index (χ0n) is 16.4. The Balaban J connectivity index is 1.72. The molecular formula is C21H22F2N2O4. The van der Waals surface area contributed by atoms with Crippen molar-refractivity contribution < 1.29 is 27.8 Å². The number of methoxy groups -OCH3 is 2. The molecule has 2 aromatic carbocycles. The fraction of sp³-hybridized carbons (Fsp3) is 0.333. The van der Waals surface area contributed by atoms with Gasteiger partial charge in [0.25, 0.3) is 11.8 Å². The summed E-state index contributed by atoms with van der Waals surface area (Å²) in [5.74, 6) is -1.60. The van der Waals surface area contributed by atoms with Gasteiger partial charge in [0.15, 0.2) is 0 Å². The van der Waals surface area contributed by atoms with Crippen LogP contribution in [-0.2, 0) is 0 Å². The molecule has 1 aliphatic heterocycles. The zero-order chi connectivity index (χ0) is 21.1. The largest absolute Gasteiger partial charge is 0.497 e. The van der Waals surface area contributed by atoms with E-state index in [1.54, 1.807) is 6.92 Å². The third kappa shape index (κ3) is 4.16. The maximum Gasteiger partial charge on any atom is 0.257 e. The first-order valence-electron chi connectivity index (χ1n) is 9.13. The lowest BCUT2D eigenvalue weighted by Gasteiger charge is -2.40. The molecule has 6 nitrogen and oxygen atoms in total. The molecule has 0 saturated carbocycles. The minimum atomic E-state index is -0.666. The average molecular weight is 404 g/mol. The van der Waals surface area contributed by atoms with Gasteiger partial charge < -0.3 is 19.3 Å². The Morgan fingerprint density at radius 3 is 1.86 bits per heavy atom. The lowest BCUT2D eigenvalue weighted by molar-refractivity contribution is 0.0409. The van der Waals surface area contributed by atoms with Gasteiger partial charge in [0.2, 0.25) is 0 Å². The number of nitrogens with zero attached hydrogens (tertiary/aromatic N) is 2. The van der Waals surface area contributed by atoms with E-state index < -0.39 is 23.4 Å². The van der Waals surface area contributed by atoms with Crippen LogP contribution in [0.5, 0.6) is 11.5 Å². The second kappa shape index (κ2) is 8.46. The van der Waals surface area contributed by atoms with Crippen molar-refractivity contribution in [3.8, 4) is 11.5 Å². The maximum atomic E-state index is 14.3. The van der Waals surface area contributed by atoms with Gasteiger partial charge in [-0.15, -0.1) is 0 Å². The number of carbonyl (C=O) groups is 2. The molecule has 1 saturated heterocycles. The molecule has 2 aromatic rings. The quantitative estimate of drug-likeness (QED) is 0.786. The molecule has 8 heteroatoms. The van der Waals surface area contributed by atoms with Gasteiger partial charge in [0.1, 0.15) is 23.1 Å². The first-order valence-corrected chi connectivity index (χ1v) is 9.13. The van der Waals surface area contributed by atoms with Gasteiger partial charge in [-0.05, 0) is 31.2 Å². The summed E-state index contributed by atoms with van der Waals surface area (Å²) in [4.78, 5) is 28.5. The molecule has 0 bridgehead atoms. The maximum absolute atomic E-state index is 14.3. The molecule has 3 rings (SSSR count). The monoisotopic (exact) mass is 404 g/mol. The predicted molar refractivity (Wildman–Crippen MR) is 102 cm³/mol. The highest BCUT2D eigenvalue weighted by Gasteiger charge is 2.32. The normalized spacial score (nSPS) is 16.5. The number of amides is 2. The van der Waals surface area contributed by atoms with E-state index in [0.29, 0.717) is 11.5 Å². The summed E-state index contributed by atoms with van der Waals surface area (Å²) < 4.78 is 38.4. The predicted octanol–water partition coefficient (Wildman–Crippen LogP) is 2.97. The molecule has 0 radical (unpaired) electrons. The van der Waals surface area contributed by atoms with Crippen LogP contribution < -0.4 is 9.47 Å². The topological polar surface area (TPSA) is 59.1 Å². The number of rotatable bonds is 4. The van der Waals surface area contributed by atoms with E-state index in [0.717, 1.165) is 12.1 Å². The SMILES string of the molecule is COc1ccc(C(=O)N2CCN(C(=O)c3ccc(OC)cc3F)[C@H](C)C2)c(F)c1. The molecule has 0 aliphatic carbocycles. The van der Waals surface area contributed by atoms with Crippen molar-refractivity contribution in [1.82, 2.24) is 9.80 Å². The van der Waals surface area contributed by atoms with Crippen molar-refractivity contribution in [2.75, 3.05) is 33.9 Å². The van der Waals surface area contributed by atoms with Crippen LogP contribution in [0.1, 0.15) is 27.6 Å². The number of carbonyl (C=O) groups excluding carboxylic acids is 2. The van der Waals surface area contributed by atoms with Crippen molar-refractivity contribution in [2.45, 2.75) is 13.0 Å². The summed E-state index contributed by atoms with van der Waals surface area (Å²) in [6.07, 6.45) is 0. The molecule has 0 unspecified atom stereocenters. The van der Waals surface area contributed by atoms with E-state index >= 15 is 0 Å². The van der Waals surface area contributed by atoms with Crippen LogP contribution >= 0.6 is 0 Å². The molecule has 1 atom stereocenters. The minimum absolute atomic E-state index is 0.0565. The summed E-state index contributed by atoms with van der Waals surface area (Å²) in [5.41, 5.74) is -0.113.